The Morgan fingerprint density at radius 2 is 2.26 bits per heavy atom. The van der Waals surface area contributed by atoms with Crippen molar-refractivity contribution in [2.24, 2.45) is 0 Å². The molecule has 0 saturated carbocycles. The molecule has 99 valence electrons. The SMILES string of the molecule is CCN1C(=O)C(Br)C[C-]=C1c1c(F)cccc1Cl.[Y]. The topological polar surface area (TPSA) is 20.3 Å². The van der Waals surface area contributed by atoms with Crippen LogP contribution < -0.4 is 0 Å². The van der Waals surface area contributed by atoms with Gasteiger partial charge in [0.25, 0.3) is 0 Å². The smallest absolute Gasteiger partial charge is 0.236 e. The van der Waals surface area contributed by atoms with E-state index in [0.29, 0.717) is 18.7 Å². The van der Waals surface area contributed by atoms with Crippen molar-refractivity contribution in [3.05, 3.63) is 40.7 Å². The minimum Gasteiger partial charge on any atom is -0.347 e. The number of allylic oxidation sites excluding steroid dienone is 1. The fraction of sp³-hybridized carbons (Fsp3) is 0.308. The van der Waals surface area contributed by atoms with Gasteiger partial charge in [0.15, 0.2) is 0 Å². The minimum atomic E-state index is -0.440. The van der Waals surface area contributed by atoms with E-state index in [1.807, 2.05) is 6.92 Å². The van der Waals surface area contributed by atoms with Gasteiger partial charge in [0.1, 0.15) is 0 Å². The summed E-state index contributed by atoms with van der Waals surface area (Å²) in [4.78, 5) is 13.2. The van der Waals surface area contributed by atoms with Crippen molar-refractivity contribution in [2.75, 3.05) is 6.54 Å². The summed E-state index contributed by atoms with van der Waals surface area (Å²) in [5.41, 5.74) is 0.676. The quantitative estimate of drug-likeness (QED) is 0.529. The number of amides is 1. The summed E-state index contributed by atoms with van der Waals surface area (Å²) in [5.74, 6) is -0.533. The summed E-state index contributed by atoms with van der Waals surface area (Å²) in [7, 11) is 0. The van der Waals surface area contributed by atoms with Crippen molar-refractivity contribution in [3.63, 3.8) is 0 Å². The zero-order valence-electron chi connectivity index (χ0n) is 10.3. The molecule has 1 atom stereocenters. The molecule has 1 aromatic carbocycles. The van der Waals surface area contributed by atoms with Gasteiger partial charge >= 0.3 is 0 Å². The molecule has 1 aliphatic rings. The molecule has 0 spiro atoms. The Labute approximate surface area is 150 Å². The van der Waals surface area contributed by atoms with E-state index in [9.17, 15) is 9.18 Å². The van der Waals surface area contributed by atoms with E-state index < -0.39 is 5.82 Å². The summed E-state index contributed by atoms with van der Waals surface area (Å²) >= 11 is 9.30. The number of rotatable bonds is 2. The monoisotopic (exact) mass is 419 g/mol. The Hall–Kier alpha value is 0.234. The molecule has 1 unspecified atom stereocenters. The van der Waals surface area contributed by atoms with Gasteiger partial charge in [0.05, 0.1) is 10.6 Å². The third kappa shape index (κ3) is 3.47. The largest absolute Gasteiger partial charge is 0.347 e. The van der Waals surface area contributed by atoms with Crippen LogP contribution in [0, 0.1) is 11.9 Å². The molecule has 19 heavy (non-hydrogen) atoms. The molecule has 1 aliphatic heterocycles. The maximum absolute atomic E-state index is 13.9. The van der Waals surface area contributed by atoms with E-state index in [2.05, 4.69) is 22.0 Å². The van der Waals surface area contributed by atoms with Crippen LogP contribution in [0.5, 0.6) is 0 Å². The van der Waals surface area contributed by atoms with Gasteiger partial charge in [0, 0.05) is 39.3 Å². The normalized spacial score (nSPS) is 18.9. The van der Waals surface area contributed by atoms with E-state index >= 15 is 0 Å². The average Bonchev–Trinajstić information content (AvgIpc) is 2.33. The maximum atomic E-state index is 13.9. The number of hydrogen-bond donors (Lipinski definition) is 0. The van der Waals surface area contributed by atoms with Gasteiger partial charge in [-0.1, -0.05) is 40.0 Å². The van der Waals surface area contributed by atoms with Crippen LogP contribution in [0.1, 0.15) is 18.9 Å². The van der Waals surface area contributed by atoms with E-state index in [1.165, 1.54) is 17.0 Å². The first-order valence-electron chi connectivity index (χ1n) is 5.57. The van der Waals surface area contributed by atoms with Gasteiger partial charge in [-0.3, -0.25) is 4.79 Å². The first-order valence-corrected chi connectivity index (χ1v) is 6.86. The van der Waals surface area contributed by atoms with E-state index in [0.717, 1.165) is 0 Å². The van der Waals surface area contributed by atoms with Crippen molar-refractivity contribution in [1.82, 2.24) is 4.90 Å². The molecule has 1 amide bonds. The third-order valence-corrected chi connectivity index (χ3v) is 3.80. The molecule has 0 aliphatic carbocycles. The molecule has 2 nitrogen and oxygen atoms in total. The van der Waals surface area contributed by atoms with Crippen LogP contribution in [0.2, 0.25) is 5.02 Å². The standard InChI is InChI=1S/C13H11BrClFNO.Y/c1-2-17-11(7-6-8(14)13(17)18)12-9(15)4-3-5-10(12)16;/h3-5,8H,2,6H2,1H3;/q-1;. The Kier molecular flexibility index (Phi) is 6.64. The molecule has 6 heteroatoms. The van der Waals surface area contributed by atoms with Gasteiger partial charge < -0.3 is 4.90 Å². The number of alkyl halides is 1. The molecule has 1 heterocycles. The van der Waals surface area contributed by atoms with Crippen molar-refractivity contribution < 1.29 is 41.9 Å². The molecule has 0 saturated heterocycles. The van der Waals surface area contributed by atoms with Gasteiger partial charge in [-0.25, -0.2) is 10.5 Å². The summed E-state index contributed by atoms with van der Waals surface area (Å²) in [6, 6.07) is 4.47. The zero-order valence-corrected chi connectivity index (χ0v) is 15.5. The van der Waals surface area contributed by atoms with Gasteiger partial charge in [-0.2, -0.15) is 0 Å². The Morgan fingerprint density at radius 1 is 1.58 bits per heavy atom. The molecule has 1 aromatic rings. The zero-order chi connectivity index (χ0) is 13.3. The average molecular weight is 420 g/mol. The van der Waals surface area contributed by atoms with Crippen LogP contribution in [0.25, 0.3) is 5.70 Å². The number of benzene rings is 1. The maximum Gasteiger partial charge on any atom is 0.236 e. The van der Waals surface area contributed by atoms with Crippen LogP contribution in [0.4, 0.5) is 4.39 Å². The fourth-order valence-electron chi connectivity index (χ4n) is 1.91. The van der Waals surface area contributed by atoms with Gasteiger partial charge in [0.2, 0.25) is 5.91 Å². The summed E-state index contributed by atoms with van der Waals surface area (Å²) in [5, 5.41) is 0.289. The molecule has 1 radical (unpaired) electrons. The second-order valence-electron chi connectivity index (χ2n) is 3.88. The van der Waals surface area contributed by atoms with Crippen molar-refractivity contribution >= 4 is 39.1 Å². The first-order chi connectivity index (χ1) is 8.56. The van der Waals surface area contributed by atoms with E-state index in [-0.39, 0.29) is 54.0 Å². The predicted molar refractivity (Wildman–Crippen MR) is 72.8 cm³/mol. The van der Waals surface area contributed by atoms with E-state index in [4.69, 9.17) is 11.6 Å². The number of halogens is 3. The summed E-state index contributed by atoms with van der Waals surface area (Å²) in [6.07, 6.45) is 3.46. The van der Waals surface area contributed by atoms with Crippen molar-refractivity contribution in [1.29, 1.82) is 0 Å². The van der Waals surface area contributed by atoms with Gasteiger partial charge in [-0.05, 0) is 18.0 Å². The van der Waals surface area contributed by atoms with Crippen LogP contribution in [0.3, 0.4) is 0 Å². The molecule has 2 rings (SSSR count). The van der Waals surface area contributed by atoms with Crippen LogP contribution >= 0.6 is 27.5 Å². The molecular formula is C13H11BrClFNOY-. The van der Waals surface area contributed by atoms with Gasteiger partial charge in [-0.15, -0.1) is 17.3 Å². The Bertz CT molecular complexity index is 503. The van der Waals surface area contributed by atoms with Crippen molar-refractivity contribution in [3.8, 4) is 0 Å². The number of carbonyl (C=O) groups excluding carboxylic acids is 1. The molecule has 0 bridgehead atoms. The molecule has 0 N–H and O–H groups in total. The fourth-order valence-corrected chi connectivity index (χ4v) is 2.57. The third-order valence-electron chi connectivity index (χ3n) is 2.77. The molecular weight excluding hydrogens is 409 g/mol. The van der Waals surface area contributed by atoms with Crippen LogP contribution in [0.15, 0.2) is 18.2 Å². The summed E-state index contributed by atoms with van der Waals surface area (Å²) in [6.45, 7) is 2.29. The number of hydrogen-bond acceptors (Lipinski definition) is 1. The van der Waals surface area contributed by atoms with Crippen molar-refractivity contribution in [2.45, 2.75) is 18.2 Å². The van der Waals surface area contributed by atoms with Crippen LogP contribution in [-0.4, -0.2) is 22.2 Å². The second-order valence-corrected chi connectivity index (χ2v) is 5.39. The van der Waals surface area contributed by atoms with Crippen LogP contribution in [-0.2, 0) is 37.5 Å². The van der Waals surface area contributed by atoms with E-state index in [1.54, 1.807) is 6.07 Å². The first kappa shape index (κ1) is 17.3. The minimum absolute atomic E-state index is 0. The number of nitrogens with zero attached hydrogens (tertiary/aromatic N) is 1. The number of carbonyl (C=O) groups is 1. The summed E-state index contributed by atoms with van der Waals surface area (Å²) < 4.78 is 13.9. The molecule has 0 fully saturated rings. The Morgan fingerprint density at radius 3 is 2.84 bits per heavy atom. The second kappa shape index (κ2) is 7.30. The molecule has 0 aromatic heterocycles. The predicted octanol–water partition coefficient (Wildman–Crippen LogP) is 3.64. The Balaban J connectivity index is 0.00000180.